The van der Waals surface area contributed by atoms with E-state index < -0.39 is 0 Å². The highest BCUT2D eigenvalue weighted by Crippen LogP contribution is 2.32. The van der Waals surface area contributed by atoms with Gasteiger partial charge < -0.3 is 9.47 Å². The summed E-state index contributed by atoms with van der Waals surface area (Å²) in [7, 11) is 5.20. The van der Waals surface area contributed by atoms with E-state index >= 15 is 0 Å². The summed E-state index contributed by atoms with van der Waals surface area (Å²) >= 11 is 0. The highest BCUT2D eigenvalue weighted by Gasteiger charge is 2.10. The molecule has 0 aliphatic heterocycles. The molecule has 0 bridgehead atoms. The number of nitrogens with zero attached hydrogens (tertiary/aromatic N) is 2. The summed E-state index contributed by atoms with van der Waals surface area (Å²) in [6.45, 7) is 0. The van der Waals surface area contributed by atoms with Crippen molar-refractivity contribution in [1.82, 2.24) is 9.78 Å². The van der Waals surface area contributed by atoms with Crippen LogP contribution in [-0.4, -0.2) is 24.0 Å². The molecule has 0 spiro atoms. The minimum atomic E-state index is 0.803. The summed E-state index contributed by atoms with van der Waals surface area (Å²) in [6, 6.07) is 7.65. The maximum atomic E-state index is 5.33. The second-order valence-corrected chi connectivity index (χ2v) is 3.41. The summed E-state index contributed by atoms with van der Waals surface area (Å²) in [4.78, 5) is 0. The molecule has 16 heavy (non-hydrogen) atoms. The van der Waals surface area contributed by atoms with Gasteiger partial charge in [0.2, 0.25) is 0 Å². The van der Waals surface area contributed by atoms with Crippen LogP contribution >= 0.6 is 0 Å². The van der Waals surface area contributed by atoms with Gasteiger partial charge in [0, 0.05) is 18.8 Å². The Labute approximate surface area is 94.4 Å². The van der Waals surface area contributed by atoms with Gasteiger partial charge in [0.1, 0.15) is 11.5 Å². The molecular weight excluding hydrogens is 204 g/mol. The molecule has 84 valence electrons. The molecule has 0 N–H and O–H groups in total. The first kappa shape index (κ1) is 10.5. The van der Waals surface area contributed by atoms with Crippen molar-refractivity contribution in [2.24, 2.45) is 7.05 Å². The zero-order chi connectivity index (χ0) is 11.5. The van der Waals surface area contributed by atoms with E-state index in [1.165, 1.54) is 0 Å². The van der Waals surface area contributed by atoms with Gasteiger partial charge in [-0.25, -0.2) is 0 Å². The van der Waals surface area contributed by atoms with E-state index in [1.54, 1.807) is 25.1 Å². The average Bonchev–Trinajstić information content (AvgIpc) is 2.74. The first-order valence-corrected chi connectivity index (χ1v) is 4.96. The van der Waals surface area contributed by atoms with E-state index in [0.717, 1.165) is 22.8 Å². The molecule has 2 aromatic rings. The normalized spacial score (nSPS) is 10.2. The third-order valence-electron chi connectivity index (χ3n) is 2.50. The summed E-state index contributed by atoms with van der Waals surface area (Å²) in [6.07, 6.45) is 1.76. The lowest BCUT2D eigenvalue weighted by Crippen LogP contribution is -1.96. The molecule has 1 heterocycles. The van der Waals surface area contributed by atoms with Crippen LogP contribution < -0.4 is 9.47 Å². The fraction of sp³-hybridized carbons (Fsp3) is 0.250. The Bertz CT molecular complexity index is 492. The van der Waals surface area contributed by atoms with Crippen LogP contribution in [0.3, 0.4) is 0 Å². The van der Waals surface area contributed by atoms with Crippen molar-refractivity contribution in [3.8, 4) is 22.8 Å². The monoisotopic (exact) mass is 218 g/mol. The Balaban J connectivity index is 2.57. The fourth-order valence-corrected chi connectivity index (χ4v) is 1.65. The summed E-state index contributed by atoms with van der Waals surface area (Å²) in [5.41, 5.74) is 1.97. The van der Waals surface area contributed by atoms with Crippen LogP contribution in [0.25, 0.3) is 11.3 Å². The van der Waals surface area contributed by atoms with Crippen molar-refractivity contribution < 1.29 is 9.47 Å². The van der Waals surface area contributed by atoms with Crippen LogP contribution in [0, 0.1) is 0 Å². The van der Waals surface area contributed by atoms with Gasteiger partial charge in [-0.1, -0.05) is 0 Å². The molecule has 1 aromatic carbocycles. The van der Waals surface area contributed by atoms with Crippen molar-refractivity contribution in [1.29, 1.82) is 0 Å². The number of benzene rings is 1. The maximum Gasteiger partial charge on any atom is 0.128 e. The summed E-state index contributed by atoms with van der Waals surface area (Å²) in [5.74, 6) is 1.61. The van der Waals surface area contributed by atoms with Gasteiger partial charge in [-0.2, -0.15) is 5.10 Å². The zero-order valence-corrected chi connectivity index (χ0v) is 9.60. The van der Waals surface area contributed by atoms with Crippen LogP contribution in [0.1, 0.15) is 0 Å². The Morgan fingerprint density at radius 1 is 1.12 bits per heavy atom. The molecule has 1 aromatic heterocycles. The molecule has 0 amide bonds. The van der Waals surface area contributed by atoms with Gasteiger partial charge >= 0.3 is 0 Å². The lowest BCUT2D eigenvalue weighted by atomic mass is 10.1. The smallest absolute Gasteiger partial charge is 0.128 e. The minimum Gasteiger partial charge on any atom is -0.497 e. The van der Waals surface area contributed by atoms with Crippen molar-refractivity contribution in [3.63, 3.8) is 0 Å². The summed E-state index contributed by atoms with van der Waals surface area (Å²) in [5, 5.41) is 4.14. The third kappa shape index (κ3) is 1.74. The van der Waals surface area contributed by atoms with Gasteiger partial charge in [0.05, 0.1) is 19.9 Å². The van der Waals surface area contributed by atoms with E-state index in [1.807, 2.05) is 31.3 Å². The van der Waals surface area contributed by atoms with Crippen LogP contribution in [0.4, 0.5) is 0 Å². The van der Waals surface area contributed by atoms with E-state index in [4.69, 9.17) is 9.47 Å². The quantitative estimate of drug-likeness (QED) is 0.791. The Kier molecular flexibility index (Phi) is 2.81. The number of hydrogen-bond acceptors (Lipinski definition) is 3. The van der Waals surface area contributed by atoms with Gasteiger partial charge in [0.15, 0.2) is 0 Å². The van der Waals surface area contributed by atoms with Gasteiger partial charge in [-0.15, -0.1) is 0 Å². The Morgan fingerprint density at radius 3 is 2.50 bits per heavy atom. The molecular formula is C12H14N2O2. The van der Waals surface area contributed by atoms with E-state index in [-0.39, 0.29) is 0 Å². The number of aryl methyl sites for hydroxylation is 1. The Morgan fingerprint density at radius 2 is 1.94 bits per heavy atom. The third-order valence-corrected chi connectivity index (χ3v) is 2.50. The van der Waals surface area contributed by atoms with E-state index in [2.05, 4.69) is 5.10 Å². The number of ether oxygens (including phenoxy) is 2. The zero-order valence-electron chi connectivity index (χ0n) is 9.60. The van der Waals surface area contributed by atoms with Crippen LogP contribution in [0.15, 0.2) is 30.5 Å². The van der Waals surface area contributed by atoms with Crippen molar-refractivity contribution in [3.05, 3.63) is 30.5 Å². The number of aromatic nitrogens is 2. The van der Waals surface area contributed by atoms with Crippen molar-refractivity contribution in [2.45, 2.75) is 0 Å². The Hall–Kier alpha value is -1.97. The number of methoxy groups -OCH3 is 2. The van der Waals surface area contributed by atoms with Crippen molar-refractivity contribution >= 4 is 0 Å². The first-order valence-electron chi connectivity index (χ1n) is 4.96. The lowest BCUT2D eigenvalue weighted by Gasteiger charge is -2.10. The van der Waals surface area contributed by atoms with Gasteiger partial charge in [-0.3, -0.25) is 4.68 Å². The second-order valence-electron chi connectivity index (χ2n) is 3.41. The molecule has 0 aliphatic rings. The fourth-order valence-electron chi connectivity index (χ4n) is 1.65. The highest BCUT2D eigenvalue weighted by atomic mass is 16.5. The minimum absolute atomic E-state index is 0.803. The van der Waals surface area contributed by atoms with E-state index in [0.29, 0.717) is 0 Å². The standard InChI is InChI=1S/C12H14N2O2/c1-14-11(6-7-13-14)10-8-9(15-2)4-5-12(10)16-3/h4-8H,1-3H3. The molecule has 0 unspecified atom stereocenters. The molecule has 2 rings (SSSR count). The highest BCUT2D eigenvalue weighted by molar-refractivity contribution is 5.69. The van der Waals surface area contributed by atoms with Crippen molar-refractivity contribution in [2.75, 3.05) is 14.2 Å². The van der Waals surface area contributed by atoms with Gasteiger partial charge in [-0.05, 0) is 24.3 Å². The van der Waals surface area contributed by atoms with E-state index in [9.17, 15) is 0 Å². The SMILES string of the molecule is COc1ccc(OC)c(-c2ccnn2C)c1. The average molecular weight is 218 g/mol. The number of rotatable bonds is 3. The summed E-state index contributed by atoms with van der Waals surface area (Å²) < 4.78 is 12.3. The predicted octanol–water partition coefficient (Wildman–Crippen LogP) is 2.10. The molecule has 0 saturated heterocycles. The maximum absolute atomic E-state index is 5.33. The second kappa shape index (κ2) is 4.26. The molecule has 0 atom stereocenters. The largest absolute Gasteiger partial charge is 0.497 e. The van der Waals surface area contributed by atoms with Crippen LogP contribution in [-0.2, 0) is 7.05 Å². The first-order chi connectivity index (χ1) is 7.76. The lowest BCUT2D eigenvalue weighted by molar-refractivity contribution is 0.404. The predicted molar refractivity (Wildman–Crippen MR) is 61.7 cm³/mol. The van der Waals surface area contributed by atoms with Gasteiger partial charge in [0.25, 0.3) is 0 Å². The molecule has 0 aliphatic carbocycles. The topological polar surface area (TPSA) is 36.3 Å². The van der Waals surface area contributed by atoms with Crippen LogP contribution in [0.5, 0.6) is 11.5 Å². The number of hydrogen-bond donors (Lipinski definition) is 0. The van der Waals surface area contributed by atoms with Crippen LogP contribution in [0.2, 0.25) is 0 Å². The molecule has 0 fully saturated rings. The molecule has 4 nitrogen and oxygen atoms in total. The molecule has 0 saturated carbocycles. The molecule has 0 radical (unpaired) electrons. The molecule has 4 heteroatoms.